The van der Waals surface area contributed by atoms with E-state index in [-0.39, 0.29) is 16.7 Å². The minimum atomic E-state index is -3.63. The van der Waals surface area contributed by atoms with Gasteiger partial charge in [-0.05, 0) is 44.4 Å². The number of aryl methyl sites for hydroxylation is 1. The molecule has 1 fully saturated rings. The molecule has 122 valence electrons. The summed E-state index contributed by atoms with van der Waals surface area (Å²) >= 11 is 0. The zero-order valence-electron chi connectivity index (χ0n) is 12.9. The number of hydrogen-bond donors (Lipinski definition) is 1. The van der Waals surface area contributed by atoms with Gasteiger partial charge >= 0.3 is 0 Å². The molecule has 0 atom stereocenters. The Balaban J connectivity index is 2.28. The van der Waals surface area contributed by atoms with Crippen molar-refractivity contribution in [2.45, 2.75) is 31.6 Å². The molecule has 0 unspecified atom stereocenters. The van der Waals surface area contributed by atoms with E-state index >= 15 is 0 Å². The molecule has 1 aliphatic heterocycles. The average molecular weight is 326 g/mol. The number of rotatable bonds is 5. The first kappa shape index (κ1) is 16.8. The van der Waals surface area contributed by atoms with Crippen LogP contribution in [0.2, 0.25) is 0 Å². The summed E-state index contributed by atoms with van der Waals surface area (Å²) in [5.41, 5.74) is 6.15. The van der Waals surface area contributed by atoms with Crippen LogP contribution in [0.5, 0.6) is 5.75 Å². The van der Waals surface area contributed by atoms with Crippen LogP contribution in [-0.2, 0) is 14.8 Å². The molecule has 1 aromatic rings. The van der Waals surface area contributed by atoms with Gasteiger partial charge in [0.05, 0.1) is 6.61 Å². The third-order valence-electron chi connectivity index (χ3n) is 3.87. The van der Waals surface area contributed by atoms with Gasteiger partial charge in [-0.2, -0.15) is 4.31 Å². The Bertz CT molecular complexity index is 650. The zero-order valence-corrected chi connectivity index (χ0v) is 13.7. The number of amides is 1. The van der Waals surface area contributed by atoms with E-state index in [4.69, 9.17) is 10.5 Å². The quantitative estimate of drug-likeness (QED) is 0.882. The molecule has 1 amide bonds. The summed E-state index contributed by atoms with van der Waals surface area (Å²) in [7, 11) is -3.63. The molecule has 2 rings (SSSR count). The molecule has 2 N–H and O–H groups in total. The van der Waals surface area contributed by atoms with Gasteiger partial charge in [0.2, 0.25) is 15.9 Å². The molecule has 0 aliphatic carbocycles. The molecule has 1 aromatic carbocycles. The molecule has 1 heterocycles. The van der Waals surface area contributed by atoms with Crippen LogP contribution in [0.15, 0.2) is 23.1 Å². The van der Waals surface area contributed by atoms with E-state index in [2.05, 4.69) is 0 Å². The van der Waals surface area contributed by atoms with Crippen LogP contribution in [0.1, 0.15) is 25.3 Å². The standard InChI is InChI=1S/C15H22N2O4S/c1-3-21-13-5-4-11(2)10-14(13)22(19,20)17-8-6-12(7-9-17)15(16)18/h4-5,10,12H,3,6-9H2,1-2H3,(H2,16,18). The lowest BCUT2D eigenvalue weighted by atomic mass is 9.98. The molecule has 7 heteroatoms. The molecular formula is C15H22N2O4S. The number of benzene rings is 1. The highest BCUT2D eigenvalue weighted by Gasteiger charge is 2.33. The van der Waals surface area contributed by atoms with Gasteiger partial charge in [-0.1, -0.05) is 6.07 Å². The van der Waals surface area contributed by atoms with Crippen molar-refractivity contribution in [2.75, 3.05) is 19.7 Å². The third kappa shape index (κ3) is 3.41. The van der Waals surface area contributed by atoms with Crippen LogP contribution in [-0.4, -0.2) is 38.3 Å². The van der Waals surface area contributed by atoms with E-state index in [1.165, 1.54) is 4.31 Å². The number of piperidine rings is 1. The molecule has 0 bridgehead atoms. The fourth-order valence-electron chi connectivity index (χ4n) is 2.61. The molecule has 1 saturated heterocycles. The second-order valence-electron chi connectivity index (χ2n) is 5.46. The van der Waals surface area contributed by atoms with Crippen LogP contribution in [0.3, 0.4) is 0 Å². The van der Waals surface area contributed by atoms with Crippen molar-refractivity contribution in [1.82, 2.24) is 4.31 Å². The minimum Gasteiger partial charge on any atom is -0.492 e. The minimum absolute atomic E-state index is 0.187. The second-order valence-corrected chi connectivity index (χ2v) is 7.37. The van der Waals surface area contributed by atoms with E-state index in [1.54, 1.807) is 12.1 Å². The SMILES string of the molecule is CCOc1ccc(C)cc1S(=O)(=O)N1CCC(C(N)=O)CC1. The molecule has 0 saturated carbocycles. The van der Waals surface area contributed by atoms with Gasteiger partial charge in [0.15, 0.2) is 0 Å². The Kier molecular flexibility index (Phi) is 5.08. The van der Waals surface area contributed by atoms with Crippen LogP contribution in [0.25, 0.3) is 0 Å². The zero-order chi connectivity index (χ0) is 16.3. The van der Waals surface area contributed by atoms with Crippen molar-refractivity contribution in [3.63, 3.8) is 0 Å². The fraction of sp³-hybridized carbons (Fsp3) is 0.533. The maximum Gasteiger partial charge on any atom is 0.246 e. The fourth-order valence-corrected chi connectivity index (χ4v) is 4.30. The third-order valence-corrected chi connectivity index (χ3v) is 5.79. The average Bonchev–Trinajstić information content (AvgIpc) is 2.49. The Labute approximate surface area is 131 Å². The largest absolute Gasteiger partial charge is 0.492 e. The summed E-state index contributed by atoms with van der Waals surface area (Å²) in [6.07, 6.45) is 0.925. The van der Waals surface area contributed by atoms with Crippen molar-refractivity contribution in [2.24, 2.45) is 11.7 Å². The summed E-state index contributed by atoms with van der Waals surface area (Å²) in [5, 5.41) is 0. The van der Waals surface area contributed by atoms with Crippen LogP contribution < -0.4 is 10.5 Å². The predicted octanol–water partition coefficient (Wildman–Crippen LogP) is 1.28. The first-order chi connectivity index (χ1) is 10.4. The van der Waals surface area contributed by atoms with Crippen molar-refractivity contribution >= 4 is 15.9 Å². The van der Waals surface area contributed by atoms with E-state index in [1.807, 2.05) is 19.9 Å². The van der Waals surface area contributed by atoms with Crippen molar-refractivity contribution in [3.05, 3.63) is 23.8 Å². The van der Waals surface area contributed by atoms with E-state index < -0.39 is 10.0 Å². The number of hydrogen-bond acceptors (Lipinski definition) is 4. The molecule has 6 nitrogen and oxygen atoms in total. The van der Waals surface area contributed by atoms with Crippen LogP contribution in [0.4, 0.5) is 0 Å². The van der Waals surface area contributed by atoms with Crippen LogP contribution >= 0.6 is 0 Å². The predicted molar refractivity (Wildman–Crippen MR) is 83.0 cm³/mol. The first-order valence-corrected chi connectivity index (χ1v) is 8.83. The summed E-state index contributed by atoms with van der Waals surface area (Å²) in [6.45, 7) is 4.66. The number of nitrogens with two attached hydrogens (primary N) is 1. The number of carbonyl (C=O) groups excluding carboxylic acids is 1. The van der Waals surface area contributed by atoms with Gasteiger partial charge in [-0.3, -0.25) is 4.79 Å². The number of primary amides is 1. The topological polar surface area (TPSA) is 89.7 Å². The molecular weight excluding hydrogens is 304 g/mol. The first-order valence-electron chi connectivity index (χ1n) is 7.39. The number of nitrogens with zero attached hydrogens (tertiary/aromatic N) is 1. The number of ether oxygens (including phenoxy) is 1. The molecule has 0 radical (unpaired) electrons. The van der Waals surface area contributed by atoms with Crippen molar-refractivity contribution in [3.8, 4) is 5.75 Å². The van der Waals surface area contributed by atoms with E-state index in [9.17, 15) is 13.2 Å². The molecule has 0 spiro atoms. The lowest BCUT2D eigenvalue weighted by Crippen LogP contribution is -2.41. The summed E-state index contributed by atoms with van der Waals surface area (Å²) < 4.78 is 32.5. The van der Waals surface area contributed by atoms with Gasteiger partial charge in [-0.15, -0.1) is 0 Å². The van der Waals surface area contributed by atoms with Gasteiger partial charge in [0.1, 0.15) is 10.6 Å². The molecule has 22 heavy (non-hydrogen) atoms. The maximum atomic E-state index is 12.8. The lowest BCUT2D eigenvalue weighted by Gasteiger charge is -2.30. The highest BCUT2D eigenvalue weighted by molar-refractivity contribution is 7.89. The molecule has 1 aliphatic rings. The second kappa shape index (κ2) is 6.66. The Morgan fingerprint density at radius 3 is 2.55 bits per heavy atom. The Morgan fingerprint density at radius 1 is 1.36 bits per heavy atom. The maximum absolute atomic E-state index is 12.8. The van der Waals surface area contributed by atoms with E-state index in [0.29, 0.717) is 38.3 Å². The summed E-state index contributed by atoms with van der Waals surface area (Å²) in [4.78, 5) is 11.4. The smallest absolute Gasteiger partial charge is 0.246 e. The summed E-state index contributed by atoms with van der Waals surface area (Å²) in [5.74, 6) is -0.233. The number of carbonyl (C=O) groups is 1. The number of sulfonamides is 1. The lowest BCUT2D eigenvalue weighted by molar-refractivity contribution is -0.122. The Morgan fingerprint density at radius 2 is 2.00 bits per heavy atom. The van der Waals surface area contributed by atoms with Crippen molar-refractivity contribution in [1.29, 1.82) is 0 Å². The van der Waals surface area contributed by atoms with Gasteiger partial charge in [0, 0.05) is 19.0 Å². The van der Waals surface area contributed by atoms with Gasteiger partial charge in [-0.25, -0.2) is 8.42 Å². The van der Waals surface area contributed by atoms with Gasteiger partial charge < -0.3 is 10.5 Å². The van der Waals surface area contributed by atoms with Gasteiger partial charge in [0.25, 0.3) is 0 Å². The highest BCUT2D eigenvalue weighted by Crippen LogP contribution is 2.30. The van der Waals surface area contributed by atoms with E-state index in [0.717, 1.165) is 5.56 Å². The van der Waals surface area contributed by atoms with Crippen LogP contribution in [0, 0.1) is 12.8 Å². The summed E-state index contributed by atoms with van der Waals surface area (Å²) in [6, 6.07) is 5.13. The van der Waals surface area contributed by atoms with Crippen molar-refractivity contribution < 1.29 is 17.9 Å². The molecule has 0 aromatic heterocycles. The highest BCUT2D eigenvalue weighted by atomic mass is 32.2. The Hall–Kier alpha value is -1.60. The normalized spacial score (nSPS) is 17.4. The monoisotopic (exact) mass is 326 g/mol.